The standard InChI is InChI=1S/C17H37BrN.BrH/c1-4-7-11-16-19(14-8-5-2,15-9-6-3)17-12-10-13-18;/h4-17H2,1-3H3;1H/q+1;/p-1. The van der Waals surface area contributed by atoms with Gasteiger partial charge in [-0.1, -0.05) is 56.0 Å². The second-order valence-corrected chi connectivity index (χ2v) is 6.84. The minimum Gasteiger partial charge on any atom is -1.00 e. The molecule has 20 heavy (non-hydrogen) atoms. The molecule has 0 spiro atoms. The molecular weight excluding hydrogens is 378 g/mol. The number of nitrogens with zero attached hydrogens (tertiary/aromatic N) is 1. The van der Waals surface area contributed by atoms with Crippen LogP contribution in [0.3, 0.4) is 0 Å². The molecule has 0 saturated heterocycles. The molecule has 3 heteroatoms. The van der Waals surface area contributed by atoms with Gasteiger partial charge in [-0.2, -0.15) is 0 Å². The molecule has 0 aliphatic carbocycles. The first-order valence-corrected chi connectivity index (χ1v) is 9.77. The molecule has 124 valence electrons. The average molecular weight is 415 g/mol. The van der Waals surface area contributed by atoms with Crippen LogP contribution in [-0.4, -0.2) is 36.0 Å². The minimum atomic E-state index is 0. The largest absolute Gasteiger partial charge is 1.00 e. The molecule has 0 N–H and O–H groups in total. The van der Waals surface area contributed by atoms with Crippen molar-refractivity contribution >= 4 is 15.9 Å². The molecule has 0 aromatic rings. The van der Waals surface area contributed by atoms with E-state index in [9.17, 15) is 0 Å². The van der Waals surface area contributed by atoms with Crippen LogP contribution in [0.25, 0.3) is 0 Å². The summed E-state index contributed by atoms with van der Waals surface area (Å²) in [6, 6.07) is 0. The van der Waals surface area contributed by atoms with Gasteiger partial charge in [0.2, 0.25) is 0 Å². The molecule has 0 aliphatic rings. The third kappa shape index (κ3) is 11.6. The first-order chi connectivity index (χ1) is 9.24. The summed E-state index contributed by atoms with van der Waals surface area (Å²) in [6.45, 7) is 12.7. The van der Waals surface area contributed by atoms with Gasteiger partial charge in [-0.25, -0.2) is 0 Å². The molecule has 1 nitrogen and oxygen atoms in total. The number of hydrogen-bond donors (Lipinski definition) is 0. The summed E-state index contributed by atoms with van der Waals surface area (Å²) < 4.78 is 1.41. The maximum absolute atomic E-state index is 3.58. The van der Waals surface area contributed by atoms with E-state index in [0.29, 0.717) is 0 Å². The van der Waals surface area contributed by atoms with Crippen molar-refractivity contribution in [2.75, 3.05) is 31.5 Å². The lowest BCUT2D eigenvalue weighted by Crippen LogP contribution is -3.00. The maximum Gasteiger partial charge on any atom is 0.0786 e. The van der Waals surface area contributed by atoms with Crippen LogP contribution < -0.4 is 17.0 Å². The predicted octanol–water partition coefficient (Wildman–Crippen LogP) is 2.77. The van der Waals surface area contributed by atoms with Gasteiger partial charge in [0, 0.05) is 5.33 Å². The van der Waals surface area contributed by atoms with Crippen LogP contribution in [0.2, 0.25) is 0 Å². The lowest BCUT2D eigenvalue weighted by atomic mass is 10.1. The van der Waals surface area contributed by atoms with Crippen molar-refractivity contribution in [1.29, 1.82) is 0 Å². The number of halogens is 2. The van der Waals surface area contributed by atoms with Crippen LogP contribution in [0.5, 0.6) is 0 Å². The Morgan fingerprint density at radius 2 is 1.00 bits per heavy atom. The summed E-state index contributed by atoms with van der Waals surface area (Å²) >= 11 is 3.58. The SMILES string of the molecule is CCCCC[N+](CCCC)(CCCC)CCCCBr.[Br-]. The number of rotatable bonds is 14. The van der Waals surface area contributed by atoms with Crippen LogP contribution in [-0.2, 0) is 0 Å². The highest BCUT2D eigenvalue weighted by Crippen LogP contribution is 2.17. The van der Waals surface area contributed by atoms with E-state index >= 15 is 0 Å². The molecule has 0 radical (unpaired) electrons. The maximum atomic E-state index is 3.58. The molecule has 0 aromatic heterocycles. The fourth-order valence-electron chi connectivity index (χ4n) is 2.90. The first kappa shape index (κ1) is 23.2. The van der Waals surface area contributed by atoms with Crippen LogP contribution in [0, 0.1) is 0 Å². The molecule has 0 aromatic carbocycles. The lowest BCUT2D eigenvalue weighted by Gasteiger charge is -2.39. The Labute approximate surface area is 147 Å². The van der Waals surface area contributed by atoms with E-state index in [1.54, 1.807) is 0 Å². The summed E-state index contributed by atoms with van der Waals surface area (Å²) in [5, 5.41) is 1.17. The van der Waals surface area contributed by atoms with Crippen molar-refractivity contribution in [2.24, 2.45) is 0 Å². The fraction of sp³-hybridized carbons (Fsp3) is 1.00. The van der Waals surface area contributed by atoms with Gasteiger partial charge in [-0.15, -0.1) is 0 Å². The highest BCUT2D eigenvalue weighted by Gasteiger charge is 2.25. The van der Waals surface area contributed by atoms with Gasteiger partial charge in [0.1, 0.15) is 0 Å². The minimum absolute atomic E-state index is 0. The lowest BCUT2D eigenvalue weighted by molar-refractivity contribution is -0.929. The van der Waals surface area contributed by atoms with Gasteiger partial charge in [-0.3, -0.25) is 0 Å². The van der Waals surface area contributed by atoms with E-state index in [1.165, 1.54) is 93.8 Å². The summed E-state index contributed by atoms with van der Waals surface area (Å²) in [5.74, 6) is 0. The molecule has 0 atom stereocenters. The van der Waals surface area contributed by atoms with Crippen molar-refractivity contribution in [3.05, 3.63) is 0 Å². The van der Waals surface area contributed by atoms with Crippen molar-refractivity contribution in [2.45, 2.75) is 78.6 Å². The second-order valence-electron chi connectivity index (χ2n) is 6.05. The summed E-state index contributed by atoms with van der Waals surface area (Å²) in [5.41, 5.74) is 0. The summed E-state index contributed by atoms with van der Waals surface area (Å²) in [4.78, 5) is 0. The van der Waals surface area contributed by atoms with Crippen molar-refractivity contribution in [1.82, 2.24) is 0 Å². The third-order valence-electron chi connectivity index (χ3n) is 4.22. The Morgan fingerprint density at radius 3 is 1.40 bits per heavy atom. The normalized spacial score (nSPS) is 11.4. The Kier molecular flexibility index (Phi) is 18.9. The third-order valence-corrected chi connectivity index (χ3v) is 4.78. The van der Waals surface area contributed by atoms with Gasteiger partial charge < -0.3 is 21.5 Å². The molecule has 0 saturated carbocycles. The van der Waals surface area contributed by atoms with E-state index in [4.69, 9.17) is 0 Å². The zero-order chi connectivity index (χ0) is 14.4. The summed E-state index contributed by atoms with van der Waals surface area (Å²) in [7, 11) is 0. The van der Waals surface area contributed by atoms with Gasteiger partial charge >= 0.3 is 0 Å². The molecule has 0 rings (SSSR count). The highest BCUT2D eigenvalue weighted by molar-refractivity contribution is 9.09. The number of hydrogen-bond acceptors (Lipinski definition) is 0. The van der Waals surface area contributed by atoms with Crippen molar-refractivity contribution in [3.63, 3.8) is 0 Å². The van der Waals surface area contributed by atoms with E-state index < -0.39 is 0 Å². The van der Waals surface area contributed by atoms with Gasteiger partial charge in [0.25, 0.3) is 0 Å². The van der Waals surface area contributed by atoms with Gasteiger partial charge in [0.05, 0.1) is 26.2 Å². The Bertz CT molecular complexity index is 166. The van der Waals surface area contributed by atoms with Crippen molar-refractivity contribution in [3.8, 4) is 0 Å². The first-order valence-electron chi connectivity index (χ1n) is 8.65. The number of unbranched alkanes of at least 4 members (excludes halogenated alkanes) is 5. The van der Waals surface area contributed by atoms with E-state index in [1.807, 2.05) is 0 Å². The average Bonchev–Trinajstić information content (AvgIpc) is 2.43. The fourth-order valence-corrected chi connectivity index (χ4v) is 3.29. The Balaban J connectivity index is 0. The molecule has 0 aliphatic heterocycles. The molecular formula is C17H37Br2N. The van der Waals surface area contributed by atoms with Crippen LogP contribution >= 0.6 is 15.9 Å². The van der Waals surface area contributed by atoms with Crippen LogP contribution in [0.15, 0.2) is 0 Å². The molecule has 0 amide bonds. The Hall–Kier alpha value is 0.920. The van der Waals surface area contributed by atoms with Gasteiger partial charge in [0.15, 0.2) is 0 Å². The Morgan fingerprint density at radius 1 is 0.600 bits per heavy atom. The molecule has 0 unspecified atom stereocenters. The van der Waals surface area contributed by atoms with Crippen LogP contribution in [0.4, 0.5) is 0 Å². The monoisotopic (exact) mass is 413 g/mol. The smallest absolute Gasteiger partial charge is 0.0786 e. The number of quaternary nitrogens is 1. The van der Waals surface area contributed by atoms with Crippen LogP contribution in [0.1, 0.15) is 78.6 Å². The molecule has 0 heterocycles. The van der Waals surface area contributed by atoms with E-state index in [0.717, 1.165) is 0 Å². The topological polar surface area (TPSA) is 0 Å². The number of alkyl halides is 1. The summed E-state index contributed by atoms with van der Waals surface area (Å²) in [6.07, 6.45) is 12.4. The molecule has 0 bridgehead atoms. The quantitative estimate of drug-likeness (QED) is 0.233. The molecule has 0 fully saturated rings. The van der Waals surface area contributed by atoms with E-state index in [-0.39, 0.29) is 17.0 Å². The van der Waals surface area contributed by atoms with E-state index in [2.05, 4.69) is 36.7 Å². The van der Waals surface area contributed by atoms with Crippen molar-refractivity contribution < 1.29 is 21.5 Å². The zero-order valence-electron chi connectivity index (χ0n) is 14.1. The van der Waals surface area contributed by atoms with Gasteiger partial charge in [-0.05, 0) is 38.5 Å². The zero-order valence-corrected chi connectivity index (χ0v) is 17.3. The second kappa shape index (κ2) is 16.3. The highest BCUT2D eigenvalue weighted by atomic mass is 79.9. The predicted molar refractivity (Wildman–Crippen MR) is 92.1 cm³/mol.